The average Bonchev–Trinajstić information content (AvgIpc) is 2.04. The molecule has 1 aromatic rings. The maximum absolute atomic E-state index is 11.9. The van der Waals surface area contributed by atoms with Crippen molar-refractivity contribution in [2.24, 2.45) is 0 Å². The van der Waals surface area contributed by atoms with Crippen molar-refractivity contribution in [3.63, 3.8) is 0 Å². The summed E-state index contributed by atoms with van der Waals surface area (Å²) in [6.07, 6.45) is -4.55. The summed E-state index contributed by atoms with van der Waals surface area (Å²) in [5, 5.41) is 8.69. The van der Waals surface area contributed by atoms with Gasteiger partial charge >= 0.3 is 6.18 Å². The fourth-order valence-electron chi connectivity index (χ4n) is 0.858. The summed E-state index contributed by atoms with van der Waals surface area (Å²) in [5.74, 6) is 0. The maximum atomic E-state index is 11.9. The molecule has 1 N–H and O–H groups in total. The Bertz CT molecular complexity index is 260. The first-order chi connectivity index (χ1) is 6.00. The topological polar surface area (TPSA) is 33.1 Å². The molecule has 5 heteroatoms. The van der Waals surface area contributed by atoms with Crippen LogP contribution in [0, 0.1) is 0 Å². The predicted molar refractivity (Wildman–Crippen MR) is 40.0 cm³/mol. The first-order valence-electron chi connectivity index (χ1n) is 3.64. The summed E-state index contributed by atoms with van der Waals surface area (Å²) in [6, 6.07) is 3.01. The fraction of sp³-hybridized carbons (Fsp3) is 0.375. The molecule has 1 heterocycles. The third-order valence-electron chi connectivity index (χ3n) is 1.53. The molecule has 72 valence electrons. The predicted octanol–water partition coefficient (Wildman–Crippen LogP) is 1.55. The van der Waals surface area contributed by atoms with Crippen LogP contribution in [-0.2, 0) is 6.42 Å². The van der Waals surface area contributed by atoms with Gasteiger partial charge in [0.05, 0.1) is 0 Å². The number of alkyl halides is 3. The standard InChI is InChI=1S/C8H8F3NO/c9-8(10,11)7(13)4-6-2-1-3-12-5-6/h1-3,5,7,13H,4H2/t7-/m0/s1. The van der Waals surface area contributed by atoms with Crippen molar-refractivity contribution in [1.82, 2.24) is 4.98 Å². The van der Waals surface area contributed by atoms with Gasteiger partial charge < -0.3 is 5.11 Å². The molecular weight excluding hydrogens is 183 g/mol. The molecule has 0 aliphatic rings. The van der Waals surface area contributed by atoms with E-state index in [0.29, 0.717) is 5.56 Å². The Hall–Kier alpha value is -1.10. The van der Waals surface area contributed by atoms with Crippen molar-refractivity contribution in [3.8, 4) is 0 Å². The van der Waals surface area contributed by atoms with Crippen molar-refractivity contribution in [1.29, 1.82) is 0 Å². The Morgan fingerprint density at radius 1 is 1.46 bits per heavy atom. The zero-order valence-corrected chi connectivity index (χ0v) is 6.62. The molecule has 0 amide bonds. The van der Waals surface area contributed by atoms with Crippen LogP contribution in [0.3, 0.4) is 0 Å². The van der Waals surface area contributed by atoms with E-state index in [0.717, 1.165) is 0 Å². The van der Waals surface area contributed by atoms with E-state index in [4.69, 9.17) is 5.11 Å². The van der Waals surface area contributed by atoms with Gasteiger partial charge in [-0.1, -0.05) is 6.07 Å². The van der Waals surface area contributed by atoms with Crippen molar-refractivity contribution in [3.05, 3.63) is 30.1 Å². The molecule has 0 bridgehead atoms. The van der Waals surface area contributed by atoms with E-state index < -0.39 is 18.7 Å². The van der Waals surface area contributed by atoms with Gasteiger partial charge in [0.15, 0.2) is 6.10 Å². The summed E-state index contributed by atoms with van der Waals surface area (Å²) in [4.78, 5) is 3.64. The second-order valence-corrected chi connectivity index (χ2v) is 2.62. The number of pyridine rings is 1. The van der Waals surface area contributed by atoms with Gasteiger partial charge in [-0.05, 0) is 11.6 Å². The second-order valence-electron chi connectivity index (χ2n) is 2.62. The highest BCUT2D eigenvalue weighted by atomic mass is 19.4. The van der Waals surface area contributed by atoms with Crippen LogP contribution in [0.25, 0.3) is 0 Å². The molecule has 0 fully saturated rings. The van der Waals surface area contributed by atoms with Crippen LogP contribution in [0.15, 0.2) is 24.5 Å². The Balaban J connectivity index is 2.61. The lowest BCUT2D eigenvalue weighted by Crippen LogP contribution is -2.30. The number of hydrogen-bond donors (Lipinski definition) is 1. The van der Waals surface area contributed by atoms with Gasteiger partial charge in [0.1, 0.15) is 0 Å². The minimum absolute atomic E-state index is 0.368. The number of nitrogens with zero attached hydrogens (tertiary/aromatic N) is 1. The Kier molecular flexibility index (Phi) is 2.87. The van der Waals surface area contributed by atoms with Crippen LogP contribution in [-0.4, -0.2) is 22.4 Å². The molecule has 1 rings (SSSR count). The SMILES string of the molecule is O[C@@H](Cc1cccnc1)C(F)(F)F. The van der Waals surface area contributed by atoms with E-state index >= 15 is 0 Å². The van der Waals surface area contributed by atoms with E-state index in [1.165, 1.54) is 24.5 Å². The average molecular weight is 191 g/mol. The summed E-state index contributed by atoms with van der Waals surface area (Å²) < 4.78 is 35.6. The molecule has 1 atom stereocenters. The van der Waals surface area contributed by atoms with E-state index in [-0.39, 0.29) is 0 Å². The Labute approximate surface area is 73.0 Å². The van der Waals surface area contributed by atoms with Gasteiger partial charge in [-0.25, -0.2) is 0 Å². The van der Waals surface area contributed by atoms with Crippen molar-refractivity contribution < 1.29 is 18.3 Å². The van der Waals surface area contributed by atoms with Gasteiger partial charge in [0.2, 0.25) is 0 Å². The molecule has 0 saturated heterocycles. The summed E-state index contributed by atoms with van der Waals surface area (Å²) in [5.41, 5.74) is 0.368. The molecule has 0 spiro atoms. The number of aliphatic hydroxyl groups is 1. The first kappa shape index (κ1) is 9.98. The van der Waals surface area contributed by atoms with E-state index in [2.05, 4.69) is 4.98 Å². The van der Waals surface area contributed by atoms with Gasteiger partial charge in [-0.2, -0.15) is 13.2 Å². The van der Waals surface area contributed by atoms with Crippen molar-refractivity contribution >= 4 is 0 Å². The van der Waals surface area contributed by atoms with Gasteiger partial charge in [-0.3, -0.25) is 4.98 Å². The van der Waals surface area contributed by atoms with Crippen LogP contribution >= 0.6 is 0 Å². The number of hydrogen-bond acceptors (Lipinski definition) is 2. The fourth-order valence-corrected chi connectivity index (χ4v) is 0.858. The van der Waals surface area contributed by atoms with Gasteiger partial charge in [0, 0.05) is 18.8 Å². The molecule has 0 radical (unpaired) electrons. The number of halogens is 3. The van der Waals surface area contributed by atoms with Crippen molar-refractivity contribution in [2.45, 2.75) is 18.7 Å². The van der Waals surface area contributed by atoms with Crippen LogP contribution in [0.4, 0.5) is 13.2 Å². The highest BCUT2D eigenvalue weighted by Gasteiger charge is 2.37. The molecular formula is C8H8F3NO. The number of rotatable bonds is 2. The highest BCUT2D eigenvalue weighted by Crippen LogP contribution is 2.22. The lowest BCUT2D eigenvalue weighted by atomic mass is 10.1. The lowest BCUT2D eigenvalue weighted by molar-refractivity contribution is -0.203. The van der Waals surface area contributed by atoms with Crippen LogP contribution in [0.2, 0.25) is 0 Å². The normalized spacial score (nSPS) is 14.2. The molecule has 0 unspecified atom stereocenters. The quantitative estimate of drug-likeness (QED) is 0.769. The zero-order chi connectivity index (χ0) is 9.90. The third-order valence-corrected chi connectivity index (χ3v) is 1.53. The summed E-state index contributed by atoms with van der Waals surface area (Å²) in [6.45, 7) is 0. The van der Waals surface area contributed by atoms with E-state index in [9.17, 15) is 13.2 Å². The second kappa shape index (κ2) is 3.74. The number of aromatic nitrogens is 1. The zero-order valence-electron chi connectivity index (χ0n) is 6.62. The van der Waals surface area contributed by atoms with Gasteiger partial charge in [0.25, 0.3) is 0 Å². The molecule has 0 saturated carbocycles. The summed E-state index contributed by atoms with van der Waals surface area (Å²) >= 11 is 0. The first-order valence-corrected chi connectivity index (χ1v) is 3.64. The minimum Gasteiger partial charge on any atom is -0.383 e. The molecule has 2 nitrogen and oxygen atoms in total. The van der Waals surface area contributed by atoms with Gasteiger partial charge in [-0.15, -0.1) is 0 Å². The van der Waals surface area contributed by atoms with Crippen molar-refractivity contribution in [2.75, 3.05) is 0 Å². The summed E-state index contributed by atoms with van der Waals surface area (Å²) in [7, 11) is 0. The molecule has 1 aromatic heterocycles. The maximum Gasteiger partial charge on any atom is 0.414 e. The van der Waals surface area contributed by atoms with Crippen LogP contribution in [0.1, 0.15) is 5.56 Å². The Morgan fingerprint density at radius 3 is 2.62 bits per heavy atom. The molecule has 0 aromatic carbocycles. The van der Waals surface area contributed by atoms with E-state index in [1.807, 2.05) is 0 Å². The molecule has 0 aliphatic heterocycles. The van der Waals surface area contributed by atoms with Crippen LogP contribution < -0.4 is 0 Å². The van der Waals surface area contributed by atoms with E-state index in [1.54, 1.807) is 0 Å². The molecule has 13 heavy (non-hydrogen) atoms. The monoisotopic (exact) mass is 191 g/mol. The Morgan fingerprint density at radius 2 is 2.15 bits per heavy atom. The molecule has 0 aliphatic carbocycles. The van der Waals surface area contributed by atoms with Crippen LogP contribution in [0.5, 0.6) is 0 Å². The number of aliphatic hydroxyl groups excluding tert-OH is 1. The lowest BCUT2D eigenvalue weighted by Gasteiger charge is -2.13. The third kappa shape index (κ3) is 3.02. The highest BCUT2D eigenvalue weighted by molar-refractivity contribution is 5.09. The largest absolute Gasteiger partial charge is 0.414 e. The minimum atomic E-state index is -4.56. The smallest absolute Gasteiger partial charge is 0.383 e.